The van der Waals surface area contributed by atoms with E-state index in [1.807, 2.05) is 30.3 Å². The molecule has 3 aromatic rings. The molecule has 4 rings (SSSR count). The number of esters is 1. The van der Waals surface area contributed by atoms with Gasteiger partial charge in [-0.1, -0.05) is 25.1 Å². The van der Waals surface area contributed by atoms with Crippen LogP contribution in [-0.4, -0.2) is 56.1 Å². The summed E-state index contributed by atoms with van der Waals surface area (Å²) >= 11 is 0. The van der Waals surface area contributed by atoms with Gasteiger partial charge in [0.2, 0.25) is 0 Å². The molecule has 0 aliphatic carbocycles. The van der Waals surface area contributed by atoms with Crippen molar-refractivity contribution in [3.8, 4) is 0 Å². The molecule has 162 valence electrons. The minimum Gasteiger partial charge on any atom is -0.462 e. The Kier molecular flexibility index (Phi) is 6.23. The molecule has 1 N–H and O–H groups in total. The molecule has 7 nitrogen and oxygen atoms in total. The van der Waals surface area contributed by atoms with Gasteiger partial charge in [0, 0.05) is 31.6 Å². The number of nitrogens with zero attached hydrogens (tertiary/aromatic N) is 2. The fourth-order valence-electron chi connectivity index (χ4n) is 3.84. The van der Waals surface area contributed by atoms with Crippen molar-refractivity contribution in [1.29, 1.82) is 0 Å². The normalized spacial score (nSPS) is 14.6. The van der Waals surface area contributed by atoms with Gasteiger partial charge in [-0.15, -0.1) is 0 Å². The highest BCUT2D eigenvalue weighted by atomic mass is 16.5. The summed E-state index contributed by atoms with van der Waals surface area (Å²) in [6, 6.07) is 14.5. The molecule has 1 aliphatic heterocycles. The zero-order chi connectivity index (χ0) is 21.8. The van der Waals surface area contributed by atoms with E-state index in [9.17, 15) is 9.59 Å². The lowest BCUT2D eigenvalue weighted by Gasteiger charge is -2.36. The summed E-state index contributed by atoms with van der Waals surface area (Å²) in [5, 5.41) is 3.82. The molecule has 0 bridgehead atoms. The van der Waals surface area contributed by atoms with Crippen molar-refractivity contribution in [1.82, 2.24) is 4.90 Å². The molecule has 1 amide bonds. The van der Waals surface area contributed by atoms with Gasteiger partial charge in [-0.2, -0.15) is 0 Å². The summed E-state index contributed by atoms with van der Waals surface area (Å²) in [7, 11) is 0. The van der Waals surface area contributed by atoms with Gasteiger partial charge in [0.15, 0.2) is 5.76 Å². The van der Waals surface area contributed by atoms with E-state index in [0.717, 1.165) is 43.8 Å². The fourth-order valence-corrected chi connectivity index (χ4v) is 3.84. The van der Waals surface area contributed by atoms with E-state index in [-0.39, 0.29) is 11.7 Å². The number of benzene rings is 2. The van der Waals surface area contributed by atoms with E-state index in [4.69, 9.17) is 9.15 Å². The Morgan fingerprint density at radius 1 is 1.03 bits per heavy atom. The largest absolute Gasteiger partial charge is 0.462 e. The molecule has 1 saturated heterocycles. The summed E-state index contributed by atoms with van der Waals surface area (Å²) in [6.07, 6.45) is 0. The number of hydrogen-bond acceptors (Lipinski definition) is 6. The van der Waals surface area contributed by atoms with Crippen LogP contribution in [-0.2, 0) is 4.74 Å². The van der Waals surface area contributed by atoms with Crippen LogP contribution < -0.4 is 10.2 Å². The predicted molar refractivity (Wildman–Crippen MR) is 121 cm³/mol. The Bertz CT molecular complexity index is 1050. The second-order valence-electron chi connectivity index (χ2n) is 7.48. The fraction of sp³-hybridized carbons (Fsp3) is 0.333. The average Bonchev–Trinajstić information content (AvgIpc) is 3.24. The zero-order valence-electron chi connectivity index (χ0n) is 17.9. The van der Waals surface area contributed by atoms with E-state index in [0.29, 0.717) is 23.4 Å². The van der Waals surface area contributed by atoms with Gasteiger partial charge in [-0.3, -0.25) is 4.79 Å². The summed E-state index contributed by atoms with van der Waals surface area (Å²) in [5.41, 5.74) is 2.51. The molecule has 31 heavy (non-hydrogen) atoms. The first-order valence-electron chi connectivity index (χ1n) is 10.7. The van der Waals surface area contributed by atoms with Crippen molar-refractivity contribution in [2.45, 2.75) is 13.8 Å². The maximum atomic E-state index is 13.0. The molecule has 0 atom stereocenters. The first-order valence-corrected chi connectivity index (χ1v) is 10.7. The highest BCUT2D eigenvalue weighted by Gasteiger charge is 2.22. The van der Waals surface area contributed by atoms with Crippen LogP contribution in [0.2, 0.25) is 0 Å². The first-order chi connectivity index (χ1) is 15.1. The Morgan fingerprint density at radius 2 is 1.81 bits per heavy atom. The summed E-state index contributed by atoms with van der Waals surface area (Å²) in [6.45, 7) is 8.83. The standard InChI is InChI=1S/C24H27N3O4/c1-3-26-11-13-27(14-12-26)20-10-9-18(24(29)30-4-2)15-19(20)25-23(28)22-16-17-7-5-6-8-21(17)31-22/h5-10,15-16H,3-4,11-14H2,1-2H3,(H,25,28). The van der Waals surface area contributed by atoms with E-state index >= 15 is 0 Å². The Morgan fingerprint density at radius 3 is 2.52 bits per heavy atom. The number of amides is 1. The predicted octanol–water partition coefficient (Wildman–Crippen LogP) is 4.00. The minimum atomic E-state index is -0.413. The van der Waals surface area contributed by atoms with Crippen molar-refractivity contribution in [2.75, 3.05) is 49.5 Å². The van der Waals surface area contributed by atoms with Crippen LogP contribution >= 0.6 is 0 Å². The number of likely N-dealkylation sites (N-methyl/N-ethyl adjacent to an activating group) is 1. The summed E-state index contributed by atoms with van der Waals surface area (Å²) < 4.78 is 10.8. The van der Waals surface area contributed by atoms with Crippen molar-refractivity contribution in [3.63, 3.8) is 0 Å². The molecule has 2 aromatic carbocycles. The molecule has 1 fully saturated rings. The van der Waals surface area contributed by atoms with Crippen molar-refractivity contribution < 1.29 is 18.7 Å². The number of piperazine rings is 1. The Labute approximate surface area is 181 Å². The molecule has 0 radical (unpaired) electrons. The molecule has 0 saturated carbocycles. The number of carbonyl (C=O) groups excluding carboxylic acids is 2. The van der Waals surface area contributed by atoms with Gasteiger partial charge in [0.05, 0.1) is 23.5 Å². The molecular formula is C24H27N3O4. The monoisotopic (exact) mass is 421 g/mol. The number of ether oxygens (including phenoxy) is 1. The first kappa shape index (κ1) is 20.9. The van der Waals surface area contributed by atoms with Gasteiger partial charge in [-0.25, -0.2) is 4.79 Å². The van der Waals surface area contributed by atoms with E-state index < -0.39 is 5.97 Å². The number of hydrogen-bond donors (Lipinski definition) is 1. The number of nitrogens with one attached hydrogen (secondary N) is 1. The smallest absolute Gasteiger partial charge is 0.338 e. The quantitative estimate of drug-likeness (QED) is 0.607. The molecule has 2 heterocycles. The second kappa shape index (κ2) is 9.22. The molecule has 0 unspecified atom stereocenters. The zero-order valence-corrected chi connectivity index (χ0v) is 17.9. The van der Waals surface area contributed by atoms with Crippen LogP contribution in [0.5, 0.6) is 0 Å². The van der Waals surface area contributed by atoms with Gasteiger partial charge in [-0.05, 0) is 43.8 Å². The van der Waals surface area contributed by atoms with Crippen LogP contribution in [0.3, 0.4) is 0 Å². The third kappa shape index (κ3) is 4.56. The molecule has 1 aromatic heterocycles. The Hall–Kier alpha value is -3.32. The van der Waals surface area contributed by atoms with E-state index in [1.165, 1.54) is 0 Å². The Balaban J connectivity index is 1.63. The molecule has 1 aliphatic rings. The summed E-state index contributed by atoms with van der Waals surface area (Å²) in [5.74, 6) is -0.542. The topological polar surface area (TPSA) is 75.0 Å². The molecule has 7 heteroatoms. The lowest BCUT2D eigenvalue weighted by Crippen LogP contribution is -2.46. The maximum Gasteiger partial charge on any atom is 0.338 e. The maximum absolute atomic E-state index is 13.0. The highest BCUT2D eigenvalue weighted by Crippen LogP contribution is 2.30. The third-order valence-corrected chi connectivity index (χ3v) is 5.57. The van der Waals surface area contributed by atoms with Crippen molar-refractivity contribution >= 4 is 34.2 Å². The van der Waals surface area contributed by atoms with Crippen molar-refractivity contribution in [2.24, 2.45) is 0 Å². The van der Waals surface area contributed by atoms with Gasteiger partial charge in [0.25, 0.3) is 5.91 Å². The van der Waals surface area contributed by atoms with Crippen LogP contribution in [0.15, 0.2) is 52.9 Å². The number of para-hydroxylation sites is 1. The lowest BCUT2D eigenvalue weighted by molar-refractivity contribution is 0.0526. The number of rotatable bonds is 6. The van der Waals surface area contributed by atoms with Gasteiger partial charge >= 0.3 is 5.97 Å². The van der Waals surface area contributed by atoms with Crippen LogP contribution in [0, 0.1) is 0 Å². The molecular weight excluding hydrogens is 394 g/mol. The van der Waals surface area contributed by atoms with Crippen LogP contribution in [0.25, 0.3) is 11.0 Å². The number of furan rings is 1. The van der Waals surface area contributed by atoms with Crippen LogP contribution in [0.1, 0.15) is 34.8 Å². The van der Waals surface area contributed by atoms with Gasteiger partial charge < -0.3 is 24.3 Å². The average molecular weight is 421 g/mol. The minimum absolute atomic E-state index is 0.226. The SMILES string of the molecule is CCOC(=O)c1ccc(N2CCN(CC)CC2)c(NC(=O)c2cc3ccccc3o2)c1. The van der Waals surface area contributed by atoms with Gasteiger partial charge in [0.1, 0.15) is 5.58 Å². The number of anilines is 2. The highest BCUT2D eigenvalue weighted by molar-refractivity contribution is 6.07. The number of fused-ring (bicyclic) bond motifs is 1. The van der Waals surface area contributed by atoms with Crippen molar-refractivity contribution in [3.05, 3.63) is 59.9 Å². The van der Waals surface area contributed by atoms with E-state index in [1.54, 1.807) is 25.1 Å². The lowest BCUT2D eigenvalue weighted by atomic mass is 10.1. The van der Waals surface area contributed by atoms with E-state index in [2.05, 4.69) is 22.0 Å². The third-order valence-electron chi connectivity index (χ3n) is 5.57. The second-order valence-corrected chi connectivity index (χ2v) is 7.48. The van der Waals surface area contributed by atoms with Crippen LogP contribution in [0.4, 0.5) is 11.4 Å². The number of carbonyl (C=O) groups is 2. The molecule has 0 spiro atoms. The summed E-state index contributed by atoms with van der Waals surface area (Å²) in [4.78, 5) is 29.9.